The van der Waals surface area contributed by atoms with E-state index in [1.165, 1.54) is 32.8 Å². The second kappa shape index (κ2) is 6.89. The van der Waals surface area contributed by atoms with Gasteiger partial charge in [-0.2, -0.15) is 0 Å². The minimum atomic E-state index is 0.417. The Bertz CT molecular complexity index is 984. The number of aliphatic imine (C=N–C) groups is 1. The first-order chi connectivity index (χ1) is 13.7. The van der Waals surface area contributed by atoms with Crippen molar-refractivity contribution in [1.29, 1.82) is 0 Å². The number of hydrogen-bond donors (Lipinski definition) is 0. The van der Waals surface area contributed by atoms with Gasteiger partial charge in [0.25, 0.3) is 0 Å². The van der Waals surface area contributed by atoms with Crippen LogP contribution in [0, 0.1) is 0 Å². The summed E-state index contributed by atoms with van der Waals surface area (Å²) in [5, 5.41) is 0. The maximum atomic E-state index is 5.55. The summed E-state index contributed by atoms with van der Waals surface area (Å²) in [5.74, 6) is 3.33. The van der Waals surface area contributed by atoms with Crippen LogP contribution in [-0.4, -0.2) is 29.9 Å². The number of anilines is 2. The van der Waals surface area contributed by atoms with Gasteiger partial charge in [0, 0.05) is 34.4 Å². The van der Waals surface area contributed by atoms with E-state index in [1.807, 2.05) is 17.8 Å². The van der Waals surface area contributed by atoms with Crippen molar-refractivity contribution in [3.05, 3.63) is 54.4 Å². The smallest absolute Gasteiger partial charge is 0.121 e. The molecule has 2 atom stereocenters. The SMILES string of the molecule is COc1ccc2c(c1)N(C1=CCC(C)N1C1=NC(C)CC1)c1ccccc1S2. The Morgan fingerprint density at radius 1 is 1.07 bits per heavy atom. The van der Waals surface area contributed by atoms with Gasteiger partial charge in [0.1, 0.15) is 17.4 Å². The third-order valence-electron chi connectivity index (χ3n) is 5.72. The largest absolute Gasteiger partial charge is 0.497 e. The number of amidine groups is 1. The molecule has 3 aliphatic rings. The first kappa shape index (κ1) is 17.7. The Kier molecular flexibility index (Phi) is 4.35. The molecule has 0 spiro atoms. The van der Waals surface area contributed by atoms with E-state index >= 15 is 0 Å². The number of rotatable bonds is 2. The number of ether oxygens (including phenoxy) is 1. The molecular formula is C23H25N3OS. The van der Waals surface area contributed by atoms with E-state index in [4.69, 9.17) is 9.73 Å². The summed E-state index contributed by atoms with van der Waals surface area (Å²) >= 11 is 1.83. The van der Waals surface area contributed by atoms with Crippen LogP contribution >= 0.6 is 11.8 Å². The van der Waals surface area contributed by atoms with Crippen molar-refractivity contribution in [2.24, 2.45) is 4.99 Å². The molecule has 144 valence electrons. The predicted molar refractivity (Wildman–Crippen MR) is 116 cm³/mol. The van der Waals surface area contributed by atoms with Crippen LogP contribution in [0.4, 0.5) is 11.4 Å². The maximum absolute atomic E-state index is 5.55. The molecule has 3 heterocycles. The molecule has 0 amide bonds. The van der Waals surface area contributed by atoms with Gasteiger partial charge in [0.15, 0.2) is 0 Å². The van der Waals surface area contributed by atoms with E-state index in [1.54, 1.807) is 7.11 Å². The number of benzene rings is 2. The van der Waals surface area contributed by atoms with Gasteiger partial charge >= 0.3 is 0 Å². The Hall–Kier alpha value is -2.40. The summed E-state index contributed by atoms with van der Waals surface area (Å²) in [6.45, 7) is 4.51. The molecule has 2 aromatic carbocycles. The number of nitrogens with zero attached hydrogens (tertiary/aromatic N) is 3. The topological polar surface area (TPSA) is 28.1 Å². The fourth-order valence-electron chi connectivity index (χ4n) is 4.30. The summed E-state index contributed by atoms with van der Waals surface area (Å²) < 4.78 is 5.55. The highest BCUT2D eigenvalue weighted by Crippen LogP contribution is 2.52. The van der Waals surface area contributed by atoms with Crippen molar-refractivity contribution in [3.63, 3.8) is 0 Å². The molecule has 0 aromatic heterocycles. The van der Waals surface area contributed by atoms with E-state index in [2.05, 4.69) is 66.1 Å². The van der Waals surface area contributed by atoms with Gasteiger partial charge < -0.3 is 9.64 Å². The average Bonchev–Trinajstić information content (AvgIpc) is 3.30. The fraction of sp³-hybridized carbons (Fsp3) is 0.348. The first-order valence-corrected chi connectivity index (χ1v) is 10.8. The lowest BCUT2D eigenvalue weighted by atomic mass is 10.2. The molecule has 0 aliphatic carbocycles. The molecule has 3 aliphatic heterocycles. The Morgan fingerprint density at radius 2 is 1.89 bits per heavy atom. The highest BCUT2D eigenvalue weighted by atomic mass is 32.2. The minimum absolute atomic E-state index is 0.417. The second-order valence-electron chi connectivity index (χ2n) is 7.69. The van der Waals surface area contributed by atoms with Crippen molar-refractivity contribution >= 4 is 29.0 Å². The molecule has 2 aromatic rings. The summed E-state index contributed by atoms with van der Waals surface area (Å²) in [4.78, 5) is 12.3. The molecule has 28 heavy (non-hydrogen) atoms. The van der Waals surface area contributed by atoms with Gasteiger partial charge in [0.2, 0.25) is 0 Å². The van der Waals surface area contributed by atoms with Crippen molar-refractivity contribution in [2.45, 2.75) is 55.0 Å². The number of methoxy groups -OCH3 is 1. The highest BCUT2D eigenvalue weighted by Gasteiger charge is 2.36. The molecule has 4 nitrogen and oxygen atoms in total. The standard InChI is InChI=1S/C23H25N3OS/c1-15-8-12-22(24-15)25-16(2)9-13-23(25)26-18-6-4-5-7-20(18)28-21-11-10-17(27-3)14-19(21)26/h4-7,10-11,13-16H,8-9,12H2,1-3H3. The molecule has 5 heteroatoms. The van der Waals surface area contributed by atoms with Gasteiger partial charge in [-0.1, -0.05) is 23.9 Å². The first-order valence-electron chi connectivity index (χ1n) is 9.97. The van der Waals surface area contributed by atoms with Crippen LogP contribution < -0.4 is 9.64 Å². The summed E-state index contributed by atoms with van der Waals surface area (Å²) in [5.41, 5.74) is 2.41. The number of fused-ring (bicyclic) bond motifs is 2. The molecule has 0 fully saturated rings. The third kappa shape index (κ3) is 2.80. The van der Waals surface area contributed by atoms with Crippen LogP contribution in [0.3, 0.4) is 0 Å². The third-order valence-corrected chi connectivity index (χ3v) is 6.85. The zero-order chi connectivity index (χ0) is 19.3. The highest BCUT2D eigenvalue weighted by molar-refractivity contribution is 7.99. The van der Waals surface area contributed by atoms with Crippen LogP contribution in [0.25, 0.3) is 0 Å². The Morgan fingerprint density at radius 3 is 2.68 bits per heavy atom. The monoisotopic (exact) mass is 391 g/mol. The van der Waals surface area contributed by atoms with E-state index in [0.29, 0.717) is 12.1 Å². The maximum Gasteiger partial charge on any atom is 0.121 e. The number of hydrogen-bond acceptors (Lipinski definition) is 5. The van der Waals surface area contributed by atoms with E-state index in [-0.39, 0.29) is 0 Å². The molecule has 0 radical (unpaired) electrons. The quantitative estimate of drug-likeness (QED) is 0.645. The Labute approximate surface area is 170 Å². The number of para-hydroxylation sites is 1. The van der Waals surface area contributed by atoms with Gasteiger partial charge in [-0.25, -0.2) is 0 Å². The molecule has 5 rings (SSSR count). The van der Waals surface area contributed by atoms with E-state index in [0.717, 1.165) is 25.0 Å². The van der Waals surface area contributed by atoms with Crippen molar-refractivity contribution in [2.75, 3.05) is 12.0 Å². The molecular weight excluding hydrogens is 366 g/mol. The van der Waals surface area contributed by atoms with Crippen molar-refractivity contribution in [1.82, 2.24) is 4.90 Å². The molecule has 0 saturated carbocycles. The average molecular weight is 392 g/mol. The van der Waals surface area contributed by atoms with Crippen molar-refractivity contribution < 1.29 is 4.74 Å². The lowest BCUT2D eigenvalue weighted by Gasteiger charge is -2.39. The van der Waals surface area contributed by atoms with Crippen LogP contribution in [0.5, 0.6) is 5.75 Å². The molecule has 0 bridgehead atoms. The lowest BCUT2D eigenvalue weighted by molar-refractivity contribution is 0.413. The Balaban J connectivity index is 1.66. The van der Waals surface area contributed by atoms with Gasteiger partial charge in [-0.15, -0.1) is 0 Å². The van der Waals surface area contributed by atoms with Crippen molar-refractivity contribution in [3.8, 4) is 5.75 Å². The van der Waals surface area contributed by atoms with Crippen LogP contribution in [-0.2, 0) is 0 Å². The molecule has 0 saturated heterocycles. The normalized spacial score (nSPS) is 23.2. The molecule has 0 N–H and O–H groups in total. The van der Waals surface area contributed by atoms with Crippen LogP contribution in [0.15, 0.2) is 69.1 Å². The second-order valence-corrected chi connectivity index (χ2v) is 8.77. The summed E-state index contributed by atoms with van der Waals surface area (Å²) in [7, 11) is 1.73. The zero-order valence-corrected chi connectivity index (χ0v) is 17.4. The van der Waals surface area contributed by atoms with E-state index in [9.17, 15) is 0 Å². The molecule has 2 unspecified atom stereocenters. The van der Waals surface area contributed by atoms with E-state index < -0.39 is 0 Å². The zero-order valence-electron chi connectivity index (χ0n) is 16.6. The van der Waals surface area contributed by atoms with Gasteiger partial charge in [-0.3, -0.25) is 9.89 Å². The lowest BCUT2D eigenvalue weighted by Crippen LogP contribution is -2.39. The summed E-state index contributed by atoms with van der Waals surface area (Å²) in [6, 6.07) is 15.9. The van der Waals surface area contributed by atoms with Crippen LogP contribution in [0.2, 0.25) is 0 Å². The van der Waals surface area contributed by atoms with Crippen LogP contribution in [0.1, 0.15) is 33.1 Å². The predicted octanol–water partition coefficient (Wildman–Crippen LogP) is 5.81. The summed E-state index contributed by atoms with van der Waals surface area (Å²) in [6.07, 6.45) is 5.60. The fourth-order valence-corrected chi connectivity index (χ4v) is 5.34. The van der Waals surface area contributed by atoms with Gasteiger partial charge in [-0.05, 0) is 57.0 Å². The minimum Gasteiger partial charge on any atom is -0.497 e. The van der Waals surface area contributed by atoms with Gasteiger partial charge in [0.05, 0.1) is 18.5 Å².